The highest BCUT2D eigenvalue weighted by Crippen LogP contribution is 2.50. The van der Waals surface area contributed by atoms with Crippen LogP contribution in [0.2, 0.25) is 5.02 Å². The van der Waals surface area contributed by atoms with Gasteiger partial charge in [-0.15, -0.1) is 0 Å². The van der Waals surface area contributed by atoms with Gasteiger partial charge >= 0.3 is 0 Å². The van der Waals surface area contributed by atoms with Crippen LogP contribution < -0.4 is 9.47 Å². The predicted molar refractivity (Wildman–Crippen MR) is 121 cm³/mol. The van der Waals surface area contributed by atoms with Gasteiger partial charge in [0, 0.05) is 38.8 Å². The number of rotatable bonds is 2. The minimum atomic E-state index is -0.522. The molecule has 0 spiro atoms. The molecular weight excluding hydrogens is 480 g/mol. The van der Waals surface area contributed by atoms with Crippen molar-refractivity contribution in [3.8, 4) is 17.6 Å². The highest BCUT2D eigenvalue weighted by molar-refractivity contribution is 9.10. The van der Waals surface area contributed by atoms with Crippen molar-refractivity contribution in [2.24, 2.45) is 10.9 Å². The van der Waals surface area contributed by atoms with Crippen LogP contribution in [0.25, 0.3) is 0 Å². The van der Waals surface area contributed by atoms with Crippen LogP contribution in [0.3, 0.4) is 0 Å². The summed E-state index contributed by atoms with van der Waals surface area (Å²) in [6, 6.07) is 13.7. The summed E-state index contributed by atoms with van der Waals surface area (Å²) in [5, 5.41) is 10.6. The second-order valence-electron chi connectivity index (χ2n) is 8.00. The van der Waals surface area contributed by atoms with E-state index in [4.69, 9.17) is 26.1 Å². The number of ether oxygens (including phenoxy) is 2. The maximum atomic E-state index is 13.4. The Balaban J connectivity index is 1.61. The first-order chi connectivity index (χ1) is 15.0. The van der Waals surface area contributed by atoms with E-state index in [2.05, 4.69) is 22.0 Å². The fourth-order valence-corrected chi connectivity index (χ4v) is 5.40. The summed E-state index contributed by atoms with van der Waals surface area (Å²) in [7, 11) is 0. The number of benzene rings is 2. The molecule has 31 heavy (non-hydrogen) atoms. The van der Waals surface area contributed by atoms with E-state index < -0.39 is 11.8 Å². The molecule has 0 bridgehead atoms. The summed E-state index contributed by atoms with van der Waals surface area (Å²) < 4.78 is 11.8. The number of allylic oxidation sites excluding steroid dienone is 2. The zero-order valence-corrected chi connectivity index (χ0v) is 19.0. The zero-order chi connectivity index (χ0) is 21.7. The van der Waals surface area contributed by atoms with E-state index >= 15 is 0 Å². The Labute approximate surface area is 193 Å². The molecule has 5 rings (SSSR count). The van der Waals surface area contributed by atoms with E-state index in [1.807, 2.05) is 43.3 Å². The number of nitriles is 1. The van der Waals surface area contributed by atoms with E-state index in [1.54, 1.807) is 0 Å². The fraction of sp³-hybridized carbons (Fsp3) is 0.292. The molecule has 1 aliphatic carbocycles. The van der Waals surface area contributed by atoms with Crippen LogP contribution in [0.15, 0.2) is 57.1 Å². The average Bonchev–Trinajstić information content (AvgIpc) is 3.19. The van der Waals surface area contributed by atoms with Gasteiger partial charge < -0.3 is 9.47 Å². The number of hydrogen-bond donors (Lipinski definition) is 0. The predicted octanol–water partition coefficient (Wildman–Crippen LogP) is 5.93. The second-order valence-corrected chi connectivity index (χ2v) is 9.30. The summed E-state index contributed by atoms with van der Waals surface area (Å²) in [6.45, 7) is 2.02. The van der Waals surface area contributed by atoms with Gasteiger partial charge in [0.25, 0.3) is 0 Å². The van der Waals surface area contributed by atoms with Crippen LogP contribution in [0, 0.1) is 17.2 Å². The van der Waals surface area contributed by atoms with Crippen molar-refractivity contribution in [2.45, 2.75) is 31.6 Å². The molecule has 0 radical (unpaired) electrons. The maximum absolute atomic E-state index is 13.4. The maximum Gasteiger partial charge on any atom is 0.231 e. The first-order valence-corrected chi connectivity index (χ1v) is 11.2. The largest absolute Gasteiger partial charge is 0.454 e. The Hall–Kier alpha value is -2.62. The second kappa shape index (κ2) is 7.81. The van der Waals surface area contributed by atoms with Gasteiger partial charge in [0.2, 0.25) is 6.79 Å². The normalized spacial score (nSPS) is 24.5. The van der Waals surface area contributed by atoms with Gasteiger partial charge in [-0.1, -0.05) is 39.7 Å². The molecule has 0 saturated carbocycles. The Morgan fingerprint density at radius 2 is 1.87 bits per heavy atom. The lowest BCUT2D eigenvalue weighted by molar-refractivity contribution is -0.116. The highest BCUT2D eigenvalue weighted by atomic mass is 79.9. The highest BCUT2D eigenvalue weighted by Gasteiger charge is 2.42. The van der Waals surface area contributed by atoms with Gasteiger partial charge in [0.1, 0.15) is 0 Å². The summed E-state index contributed by atoms with van der Waals surface area (Å²) in [5.74, 6) is 0.426. The smallest absolute Gasteiger partial charge is 0.231 e. The average molecular weight is 498 g/mol. The lowest BCUT2D eigenvalue weighted by Gasteiger charge is -2.35. The lowest BCUT2D eigenvalue weighted by atomic mass is 9.69. The van der Waals surface area contributed by atoms with Crippen molar-refractivity contribution >= 4 is 39.0 Å². The van der Waals surface area contributed by atoms with Crippen molar-refractivity contribution < 1.29 is 14.3 Å². The third kappa shape index (κ3) is 3.46. The van der Waals surface area contributed by atoms with E-state index in [9.17, 15) is 10.1 Å². The van der Waals surface area contributed by atoms with Crippen molar-refractivity contribution in [1.82, 2.24) is 0 Å². The number of hydrogen-bond acceptors (Lipinski definition) is 5. The van der Waals surface area contributed by atoms with Crippen LogP contribution in [-0.2, 0) is 4.79 Å². The van der Waals surface area contributed by atoms with Gasteiger partial charge in [-0.2, -0.15) is 5.26 Å². The quantitative estimate of drug-likeness (QED) is 0.515. The third-order valence-electron chi connectivity index (χ3n) is 6.20. The van der Waals surface area contributed by atoms with Crippen LogP contribution >= 0.6 is 27.5 Å². The molecule has 2 aromatic rings. The molecule has 7 heteroatoms. The molecular formula is C24H18BrClN2O3. The molecule has 0 amide bonds. The lowest BCUT2D eigenvalue weighted by Crippen LogP contribution is -2.32. The van der Waals surface area contributed by atoms with Gasteiger partial charge in [-0.05, 0) is 54.7 Å². The van der Waals surface area contributed by atoms with Gasteiger partial charge in [-0.3, -0.25) is 9.79 Å². The van der Waals surface area contributed by atoms with Crippen molar-refractivity contribution in [1.29, 1.82) is 5.26 Å². The molecule has 0 aromatic heterocycles. The van der Waals surface area contributed by atoms with Gasteiger partial charge in [0.05, 0.1) is 12.0 Å². The molecule has 0 fully saturated rings. The molecule has 1 unspecified atom stereocenters. The number of fused-ring (bicyclic) bond motifs is 1. The van der Waals surface area contributed by atoms with E-state index in [0.717, 1.165) is 27.0 Å². The van der Waals surface area contributed by atoms with Crippen LogP contribution in [-0.4, -0.2) is 18.3 Å². The molecule has 2 heterocycles. The van der Waals surface area contributed by atoms with Gasteiger partial charge in [-0.25, -0.2) is 0 Å². The Morgan fingerprint density at radius 1 is 1.16 bits per heavy atom. The molecule has 3 aliphatic rings. The molecule has 5 nitrogen and oxygen atoms in total. The first kappa shape index (κ1) is 20.3. The fourth-order valence-electron chi connectivity index (χ4n) is 4.70. The summed E-state index contributed by atoms with van der Waals surface area (Å²) in [5.41, 5.74) is 4.05. The Morgan fingerprint density at radius 3 is 2.58 bits per heavy atom. The summed E-state index contributed by atoms with van der Waals surface area (Å²) in [4.78, 5) is 18.2. The minimum Gasteiger partial charge on any atom is -0.454 e. The Kier molecular flexibility index (Phi) is 5.11. The number of carbonyl (C=O) groups is 1. The number of nitrogens with zero attached hydrogens (tertiary/aromatic N) is 2. The van der Waals surface area contributed by atoms with E-state index in [-0.39, 0.29) is 18.5 Å². The van der Waals surface area contributed by atoms with Gasteiger partial charge in [0.15, 0.2) is 17.3 Å². The first-order valence-electron chi connectivity index (χ1n) is 10.0. The van der Waals surface area contributed by atoms with Crippen molar-refractivity contribution in [3.63, 3.8) is 0 Å². The number of ketones is 1. The SMILES string of the molecule is CC1=NC2=C(C(=O)C[C@H](c3ccc(Cl)cc3)C2)[C@@H](c2cc3c(cc2Br)OCO3)C1C#N. The monoisotopic (exact) mass is 496 g/mol. The summed E-state index contributed by atoms with van der Waals surface area (Å²) in [6.07, 6.45) is 1.03. The molecule has 2 aliphatic heterocycles. The van der Waals surface area contributed by atoms with Crippen LogP contribution in [0.4, 0.5) is 0 Å². The molecule has 2 aromatic carbocycles. The summed E-state index contributed by atoms with van der Waals surface area (Å²) >= 11 is 9.65. The van der Waals surface area contributed by atoms with E-state index in [0.29, 0.717) is 34.9 Å². The minimum absolute atomic E-state index is 0.0345. The van der Waals surface area contributed by atoms with E-state index in [1.165, 1.54) is 0 Å². The molecule has 3 atom stereocenters. The number of carbonyl (C=O) groups excluding carboxylic acids is 1. The number of aliphatic imine (C=N–C) groups is 1. The van der Waals surface area contributed by atoms with Crippen LogP contribution in [0.5, 0.6) is 11.5 Å². The number of halogens is 2. The topological polar surface area (TPSA) is 71.7 Å². The standard InChI is InChI=1S/C24H18BrClN2O3/c1-12-17(10-27)23(16-8-21-22(9-18(16)25)31-11-30-21)24-19(28-12)6-14(7-20(24)29)13-2-4-15(26)5-3-13/h2-5,8-9,14,17,23H,6-7,11H2,1H3/t14-,17?,23+/m1/s1. The Bertz CT molecular complexity index is 1200. The molecule has 0 saturated heterocycles. The zero-order valence-electron chi connectivity index (χ0n) is 16.7. The van der Waals surface area contributed by atoms with Crippen LogP contribution in [0.1, 0.15) is 42.7 Å². The number of Topliss-reactive ketones (excluding diaryl/α,β-unsaturated/α-hetero) is 1. The third-order valence-corrected chi connectivity index (χ3v) is 7.13. The molecule has 156 valence electrons. The van der Waals surface area contributed by atoms with Crippen molar-refractivity contribution in [2.75, 3.05) is 6.79 Å². The molecule has 0 N–H and O–H groups in total. The van der Waals surface area contributed by atoms with Crippen molar-refractivity contribution in [3.05, 3.63) is 68.3 Å².